The van der Waals surface area contributed by atoms with Crippen LogP contribution in [-0.2, 0) is 0 Å². The second-order valence-corrected chi connectivity index (χ2v) is 10.5. The van der Waals surface area contributed by atoms with E-state index in [0.29, 0.717) is 0 Å². The fourth-order valence-electron chi connectivity index (χ4n) is 5.10. The van der Waals surface area contributed by atoms with E-state index in [-0.39, 0.29) is 0 Å². The molecule has 3 heteroatoms. The predicted octanol–water partition coefficient (Wildman–Crippen LogP) is 11.0. The highest BCUT2D eigenvalue weighted by Gasteiger charge is 2.13. The van der Waals surface area contributed by atoms with E-state index in [1.807, 2.05) is 41.6 Å². The third kappa shape index (κ3) is 7.39. The fraction of sp³-hybridized carbons (Fsp3) is 0.0488. The Morgan fingerprint density at radius 3 is 1.55 bits per heavy atom. The van der Waals surface area contributed by atoms with Crippen LogP contribution in [0.2, 0.25) is 0 Å². The molecule has 6 rings (SSSR count). The van der Waals surface area contributed by atoms with Gasteiger partial charge in [-0.3, -0.25) is 0 Å². The number of nitrogens with zero attached hydrogens (tertiary/aromatic N) is 3. The number of benzene rings is 5. The lowest BCUT2D eigenvalue weighted by atomic mass is 10.1. The molecule has 5 aromatic rings. The van der Waals surface area contributed by atoms with Gasteiger partial charge in [0, 0.05) is 17.1 Å². The Labute approximate surface area is 260 Å². The first-order chi connectivity index (χ1) is 21.8. The number of hydrazone groups is 1. The molecule has 0 aliphatic heterocycles. The average molecular weight is 570 g/mol. The molecule has 0 amide bonds. The SMILES string of the molecule is C(C=Cc1ccc(N(c2ccccc2)c2ccc(/C=N/N(C3=CCCC=C3)c3ccccc3)cc2)cc1)=Cc1ccccc1. The van der Waals surface area contributed by atoms with E-state index in [0.717, 1.165) is 52.4 Å². The number of hydrogen-bond acceptors (Lipinski definition) is 3. The van der Waals surface area contributed by atoms with Gasteiger partial charge in [0.2, 0.25) is 0 Å². The van der Waals surface area contributed by atoms with Crippen LogP contribution < -0.4 is 9.91 Å². The molecule has 1 aliphatic rings. The second kappa shape index (κ2) is 14.5. The third-order valence-corrected chi connectivity index (χ3v) is 7.35. The molecule has 0 bridgehead atoms. The second-order valence-electron chi connectivity index (χ2n) is 10.5. The Hall–Kier alpha value is -5.67. The quantitative estimate of drug-likeness (QED) is 0.0946. The van der Waals surface area contributed by atoms with Crippen molar-refractivity contribution in [3.63, 3.8) is 0 Å². The molecule has 214 valence electrons. The standard InChI is InChI=1S/C41H35N3/c1-5-15-34(16-6-1)17-13-14-18-35-25-29-38(30-26-35)43(37-19-7-2-8-20-37)39-31-27-36(28-32-39)33-42-44(40-21-9-3-10-22-40)41-23-11-4-12-24-41/h1-3,5-11,13-33H,4,12H2/b17-13?,18-14?,42-33+. The van der Waals surface area contributed by atoms with Gasteiger partial charge in [0.25, 0.3) is 0 Å². The summed E-state index contributed by atoms with van der Waals surface area (Å²) in [6.45, 7) is 0. The summed E-state index contributed by atoms with van der Waals surface area (Å²) >= 11 is 0. The molecule has 0 radical (unpaired) electrons. The molecule has 0 N–H and O–H groups in total. The highest BCUT2D eigenvalue weighted by molar-refractivity contribution is 5.84. The molecule has 44 heavy (non-hydrogen) atoms. The maximum atomic E-state index is 4.90. The van der Waals surface area contributed by atoms with Gasteiger partial charge < -0.3 is 4.90 Å². The van der Waals surface area contributed by atoms with Crippen molar-refractivity contribution in [3.8, 4) is 0 Å². The van der Waals surface area contributed by atoms with Crippen molar-refractivity contribution in [1.82, 2.24) is 0 Å². The van der Waals surface area contributed by atoms with Gasteiger partial charge in [0.05, 0.1) is 17.6 Å². The number of para-hydroxylation sites is 2. The van der Waals surface area contributed by atoms with E-state index in [4.69, 9.17) is 5.10 Å². The Morgan fingerprint density at radius 2 is 0.977 bits per heavy atom. The molecule has 0 fully saturated rings. The van der Waals surface area contributed by atoms with Crippen LogP contribution in [0, 0.1) is 0 Å². The maximum Gasteiger partial charge on any atom is 0.0652 e. The van der Waals surface area contributed by atoms with Gasteiger partial charge in [-0.2, -0.15) is 5.10 Å². The molecule has 1 aliphatic carbocycles. The van der Waals surface area contributed by atoms with Crippen LogP contribution in [0.15, 0.2) is 181 Å². The van der Waals surface area contributed by atoms with Crippen LogP contribution in [0.1, 0.15) is 29.5 Å². The lowest BCUT2D eigenvalue weighted by Gasteiger charge is -2.25. The average Bonchev–Trinajstić information content (AvgIpc) is 3.10. The lowest BCUT2D eigenvalue weighted by Crippen LogP contribution is -2.15. The topological polar surface area (TPSA) is 18.8 Å². The van der Waals surface area contributed by atoms with Crippen LogP contribution in [0.3, 0.4) is 0 Å². The minimum absolute atomic E-state index is 1.03. The molecule has 3 nitrogen and oxygen atoms in total. The number of anilines is 4. The van der Waals surface area contributed by atoms with Crippen molar-refractivity contribution in [2.75, 3.05) is 9.91 Å². The highest BCUT2D eigenvalue weighted by Crippen LogP contribution is 2.34. The zero-order valence-corrected chi connectivity index (χ0v) is 24.7. The van der Waals surface area contributed by atoms with Crippen molar-refractivity contribution in [1.29, 1.82) is 0 Å². The summed E-state index contributed by atoms with van der Waals surface area (Å²) in [4.78, 5) is 2.28. The number of rotatable bonds is 10. The van der Waals surface area contributed by atoms with Crippen molar-refractivity contribution in [2.24, 2.45) is 5.10 Å². The molecule has 0 unspecified atom stereocenters. The van der Waals surface area contributed by atoms with Gasteiger partial charge in [0.15, 0.2) is 0 Å². The van der Waals surface area contributed by atoms with E-state index in [1.165, 1.54) is 5.56 Å². The van der Waals surface area contributed by atoms with E-state index < -0.39 is 0 Å². The summed E-state index contributed by atoms with van der Waals surface area (Å²) in [7, 11) is 0. The van der Waals surface area contributed by atoms with E-state index in [9.17, 15) is 0 Å². The van der Waals surface area contributed by atoms with Crippen LogP contribution >= 0.6 is 0 Å². The number of hydrogen-bond donors (Lipinski definition) is 0. The first-order valence-electron chi connectivity index (χ1n) is 15.0. The smallest absolute Gasteiger partial charge is 0.0652 e. The summed E-state index contributed by atoms with van der Waals surface area (Å²) in [5, 5.41) is 6.91. The first kappa shape index (κ1) is 28.4. The first-order valence-corrected chi connectivity index (χ1v) is 15.0. The van der Waals surface area contributed by atoms with E-state index >= 15 is 0 Å². The van der Waals surface area contributed by atoms with Crippen molar-refractivity contribution in [3.05, 3.63) is 192 Å². The molecule has 0 atom stereocenters. The largest absolute Gasteiger partial charge is 0.311 e. The van der Waals surface area contributed by atoms with E-state index in [1.54, 1.807) is 0 Å². The Morgan fingerprint density at radius 1 is 0.477 bits per heavy atom. The van der Waals surface area contributed by atoms with Crippen LogP contribution in [0.4, 0.5) is 22.7 Å². The zero-order valence-electron chi connectivity index (χ0n) is 24.7. The Kier molecular flexibility index (Phi) is 9.36. The van der Waals surface area contributed by atoms with Crippen molar-refractivity contribution >= 4 is 41.1 Å². The summed E-state index contributed by atoms with van der Waals surface area (Å²) in [5.41, 5.74) is 8.80. The molecule has 0 aromatic heterocycles. The van der Waals surface area contributed by atoms with E-state index in [2.05, 4.69) is 157 Å². The minimum Gasteiger partial charge on any atom is -0.311 e. The predicted molar refractivity (Wildman–Crippen MR) is 189 cm³/mol. The summed E-state index contributed by atoms with van der Waals surface area (Å²) in [5.74, 6) is 0. The highest BCUT2D eigenvalue weighted by atomic mass is 15.5. The van der Waals surface area contributed by atoms with Gasteiger partial charge in [0.1, 0.15) is 0 Å². The van der Waals surface area contributed by atoms with Crippen LogP contribution in [-0.4, -0.2) is 6.21 Å². The number of allylic oxidation sites excluding steroid dienone is 5. The molecule has 0 spiro atoms. The molecular formula is C41H35N3. The Bertz CT molecular complexity index is 1760. The third-order valence-electron chi connectivity index (χ3n) is 7.35. The molecule has 5 aromatic carbocycles. The summed E-state index contributed by atoms with van der Waals surface area (Å²) < 4.78 is 0. The molecule has 0 saturated carbocycles. The van der Waals surface area contributed by atoms with Gasteiger partial charge in [-0.15, -0.1) is 0 Å². The maximum absolute atomic E-state index is 4.90. The summed E-state index contributed by atoms with van der Waals surface area (Å²) in [6.07, 6.45) is 19.0. The van der Waals surface area contributed by atoms with Crippen LogP contribution in [0.25, 0.3) is 12.2 Å². The van der Waals surface area contributed by atoms with Crippen molar-refractivity contribution in [2.45, 2.75) is 12.8 Å². The lowest BCUT2D eigenvalue weighted by molar-refractivity contribution is 0.953. The van der Waals surface area contributed by atoms with Crippen LogP contribution in [0.5, 0.6) is 0 Å². The Balaban J connectivity index is 1.22. The monoisotopic (exact) mass is 569 g/mol. The van der Waals surface area contributed by atoms with Gasteiger partial charge in [-0.1, -0.05) is 127 Å². The molecule has 0 saturated heterocycles. The molecular weight excluding hydrogens is 534 g/mol. The molecule has 0 heterocycles. The fourth-order valence-corrected chi connectivity index (χ4v) is 5.10. The zero-order chi connectivity index (χ0) is 29.8. The normalized spacial score (nSPS) is 13.0. The van der Waals surface area contributed by atoms with Gasteiger partial charge in [-0.25, -0.2) is 5.01 Å². The summed E-state index contributed by atoms with van der Waals surface area (Å²) in [6, 6.07) is 48.3. The minimum atomic E-state index is 1.03. The van der Waals surface area contributed by atoms with Gasteiger partial charge in [-0.05, 0) is 84.1 Å². The van der Waals surface area contributed by atoms with Gasteiger partial charge >= 0.3 is 0 Å². The van der Waals surface area contributed by atoms with Crippen molar-refractivity contribution < 1.29 is 0 Å².